The molecule has 0 radical (unpaired) electrons. The van der Waals surface area contributed by atoms with Crippen LogP contribution < -0.4 is 10.4 Å². The molecule has 1 aromatic carbocycles. The Hall–Kier alpha value is -3.02. The van der Waals surface area contributed by atoms with Crippen LogP contribution in [0.5, 0.6) is 5.75 Å². The number of hydrogen-bond donors (Lipinski definition) is 0. The molecule has 170 valence electrons. The minimum atomic E-state index is -0.523. The molecule has 0 aliphatic heterocycles. The van der Waals surface area contributed by atoms with Gasteiger partial charge in [-0.2, -0.15) is 0 Å². The van der Waals surface area contributed by atoms with Gasteiger partial charge in [0.15, 0.2) is 0 Å². The molecule has 6 heteroatoms. The highest BCUT2D eigenvalue weighted by molar-refractivity contribution is 5.86. The van der Waals surface area contributed by atoms with E-state index in [0.717, 1.165) is 67.0 Å². The van der Waals surface area contributed by atoms with Crippen LogP contribution in [0.2, 0.25) is 0 Å². The lowest BCUT2D eigenvalue weighted by Crippen LogP contribution is -2.16. The van der Waals surface area contributed by atoms with Crippen LogP contribution in [0.25, 0.3) is 11.0 Å². The molecule has 0 amide bonds. The first-order chi connectivity index (χ1) is 15.6. The van der Waals surface area contributed by atoms with E-state index in [9.17, 15) is 9.59 Å². The first-order valence-corrected chi connectivity index (χ1v) is 11.5. The van der Waals surface area contributed by atoms with Crippen molar-refractivity contribution in [2.75, 3.05) is 7.11 Å². The fourth-order valence-electron chi connectivity index (χ4n) is 4.40. The molecular weight excluding hydrogens is 408 g/mol. The number of unbranched alkanes of at least 4 members (excludes halogenated alkanes) is 3. The Kier molecular flexibility index (Phi) is 6.98. The van der Waals surface area contributed by atoms with Gasteiger partial charge in [-0.3, -0.25) is 0 Å². The monoisotopic (exact) mass is 438 g/mol. The van der Waals surface area contributed by atoms with Crippen LogP contribution in [0.4, 0.5) is 0 Å². The van der Waals surface area contributed by atoms with Crippen LogP contribution in [-0.2, 0) is 30.6 Å². The quantitative estimate of drug-likeness (QED) is 0.240. The fraction of sp³-hybridized carbons (Fsp3) is 0.462. The first-order valence-electron chi connectivity index (χ1n) is 11.5. The zero-order valence-electron chi connectivity index (χ0n) is 18.8. The Bertz CT molecular complexity index is 1150. The third-order valence-corrected chi connectivity index (χ3v) is 6.12. The maximum atomic E-state index is 12.5. The predicted octanol–water partition coefficient (Wildman–Crippen LogP) is 5.75. The van der Waals surface area contributed by atoms with Crippen molar-refractivity contribution < 1.29 is 23.1 Å². The molecule has 0 saturated heterocycles. The first kappa shape index (κ1) is 22.2. The van der Waals surface area contributed by atoms with Gasteiger partial charge in [0.1, 0.15) is 23.7 Å². The molecule has 1 aliphatic rings. The SMILES string of the molecule is CCCCCCc1cc2c3c(c(=O)oc2cc1OCc1ccc(C(=O)OC)o1)CCCC3. The fourth-order valence-corrected chi connectivity index (χ4v) is 4.40. The van der Waals surface area contributed by atoms with Gasteiger partial charge in [-0.15, -0.1) is 0 Å². The lowest BCUT2D eigenvalue weighted by Gasteiger charge is -2.18. The Balaban J connectivity index is 1.65. The number of aryl methyl sites for hydroxylation is 2. The van der Waals surface area contributed by atoms with Crippen molar-refractivity contribution in [1.82, 2.24) is 0 Å². The van der Waals surface area contributed by atoms with E-state index in [4.69, 9.17) is 13.6 Å². The molecule has 0 atom stereocenters. The van der Waals surface area contributed by atoms with E-state index >= 15 is 0 Å². The summed E-state index contributed by atoms with van der Waals surface area (Å²) < 4.78 is 22.0. The molecule has 0 N–H and O–H groups in total. The highest BCUT2D eigenvalue weighted by atomic mass is 16.5. The largest absolute Gasteiger partial charge is 0.485 e. The highest BCUT2D eigenvalue weighted by Gasteiger charge is 2.20. The zero-order valence-corrected chi connectivity index (χ0v) is 18.8. The number of ether oxygens (including phenoxy) is 2. The van der Waals surface area contributed by atoms with Gasteiger partial charge in [0.25, 0.3) is 0 Å². The average Bonchev–Trinajstić information content (AvgIpc) is 3.29. The molecule has 0 spiro atoms. The molecule has 0 bridgehead atoms. The van der Waals surface area contributed by atoms with Crippen LogP contribution in [0.3, 0.4) is 0 Å². The summed E-state index contributed by atoms with van der Waals surface area (Å²) >= 11 is 0. The van der Waals surface area contributed by atoms with Gasteiger partial charge in [0.05, 0.1) is 7.11 Å². The predicted molar refractivity (Wildman–Crippen MR) is 121 cm³/mol. The number of rotatable bonds is 9. The van der Waals surface area contributed by atoms with Crippen molar-refractivity contribution in [3.63, 3.8) is 0 Å². The Morgan fingerprint density at radius 1 is 1.03 bits per heavy atom. The summed E-state index contributed by atoms with van der Waals surface area (Å²) in [5.74, 6) is 0.824. The van der Waals surface area contributed by atoms with E-state index in [1.54, 1.807) is 12.1 Å². The molecule has 0 unspecified atom stereocenters. The Labute approximate surface area is 187 Å². The smallest absolute Gasteiger partial charge is 0.373 e. The summed E-state index contributed by atoms with van der Waals surface area (Å²) in [6.45, 7) is 2.37. The van der Waals surface area contributed by atoms with Gasteiger partial charge >= 0.3 is 11.6 Å². The summed E-state index contributed by atoms with van der Waals surface area (Å²) in [7, 11) is 1.31. The number of carbonyl (C=O) groups excluding carboxylic acids is 1. The minimum absolute atomic E-state index is 0.141. The van der Waals surface area contributed by atoms with E-state index in [2.05, 4.69) is 17.7 Å². The second-order valence-electron chi connectivity index (χ2n) is 8.37. The number of carbonyl (C=O) groups is 1. The Morgan fingerprint density at radius 3 is 2.62 bits per heavy atom. The van der Waals surface area contributed by atoms with Gasteiger partial charge in [-0.1, -0.05) is 26.2 Å². The zero-order chi connectivity index (χ0) is 22.5. The van der Waals surface area contributed by atoms with Crippen molar-refractivity contribution in [2.45, 2.75) is 71.3 Å². The van der Waals surface area contributed by atoms with E-state index in [1.807, 2.05) is 6.07 Å². The lowest BCUT2D eigenvalue weighted by molar-refractivity contribution is 0.0561. The molecule has 0 saturated carbocycles. The molecule has 0 fully saturated rings. The van der Waals surface area contributed by atoms with Crippen molar-refractivity contribution in [1.29, 1.82) is 0 Å². The number of hydrogen-bond acceptors (Lipinski definition) is 6. The second-order valence-corrected chi connectivity index (χ2v) is 8.37. The van der Waals surface area contributed by atoms with Gasteiger partial charge < -0.3 is 18.3 Å². The van der Waals surface area contributed by atoms with E-state index in [1.165, 1.54) is 20.0 Å². The molecule has 1 aliphatic carbocycles. The van der Waals surface area contributed by atoms with Crippen molar-refractivity contribution in [2.24, 2.45) is 0 Å². The topological polar surface area (TPSA) is 78.9 Å². The molecule has 3 aromatic rings. The summed E-state index contributed by atoms with van der Waals surface area (Å²) in [5, 5.41) is 1.03. The van der Waals surface area contributed by atoms with E-state index in [0.29, 0.717) is 17.1 Å². The molecular formula is C26H30O6. The van der Waals surface area contributed by atoms with Crippen molar-refractivity contribution >= 4 is 16.9 Å². The van der Waals surface area contributed by atoms with Gasteiger partial charge in [0, 0.05) is 17.0 Å². The van der Waals surface area contributed by atoms with Gasteiger partial charge in [0.2, 0.25) is 5.76 Å². The minimum Gasteiger partial charge on any atom is -0.485 e. The standard InChI is InChI=1S/C26H30O6/c1-3-4-5-6-9-17-14-21-19-10-7-8-11-20(19)25(27)32-24(21)15-23(17)30-16-18-12-13-22(31-18)26(28)29-2/h12-15H,3-11,16H2,1-2H3. The normalized spacial score (nSPS) is 13.2. The second kappa shape index (κ2) is 10.1. The third kappa shape index (κ3) is 4.74. The van der Waals surface area contributed by atoms with Gasteiger partial charge in [-0.25, -0.2) is 9.59 Å². The van der Waals surface area contributed by atoms with Crippen LogP contribution >= 0.6 is 0 Å². The highest BCUT2D eigenvalue weighted by Crippen LogP contribution is 2.33. The molecule has 6 nitrogen and oxygen atoms in total. The lowest BCUT2D eigenvalue weighted by atomic mass is 9.89. The maximum absolute atomic E-state index is 12.5. The molecule has 2 heterocycles. The summed E-state index contributed by atoms with van der Waals surface area (Å²) in [6.07, 6.45) is 9.34. The van der Waals surface area contributed by atoms with Crippen molar-refractivity contribution in [3.05, 3.63) is 62.9 Å². The number of fused-ring (bicyclic) bond motifs is 3. The number of esters is 1. The average molecular weight is 439 g/mol. The Morgan fingerprint density at radius 2 is 1.84 bits per heavy atom. The molecule has 32 heavy (non-hydrogen) atoms. The summed E-state index contributed by atoms with van der Waals surface area (Å²) in [6, 6.07) is 7.25. The molecule has 2 aromatic heterocycles. The maximum Gasteiger partial charge on any atom is 0.373 e. The van der Waals surface area contributed by atoms with Crippen LogP contribution in [0.15, 0.2) is 37.9 Å². The van der Waals surface area contributed by atoms with Crippen molar-refractivity contribution in [3.8, 4) is 5.75 Å². The number of furan rings is 1. The molecule has 4 rings (SSSR count). The van der Waals surface area contributed by atoms with E-state index in [-0.39, 0.29) is 18.0 Å². The summed E-state index contributed by atoms with van der Waals surface area (Å²) in [4.78, 5) is 24.1. The van der Waals surface area contributed by atoms with E-state index < -0.39 is 5.97 Å². The van der Waals surface area contributed by atoms with Crippen LogP contribution in [0.1, 0.15) is 78.5 Å². The van der Waals surface area contributed by atoms with Gasteiger partial charge in [-0.05, 0) is 67.9 Å². The third-order valence-electron chi connectivity index (χ3n) is 6.12. The number of methoxy groups -OCH3 is 1. The van der Waals surface area contributed by atoms with Crippen LogP contribution in [-0.4, -0.2) is 13.1 Å². The summed E-state index contributed by atoms with van der Waals surface area (Å²) in [5.41, 5.74) is 3.41. The number of benzene rings is 1. The van der Waals surface area contributed by atoms with Crippen LogP contribution in [0, 0.1) is 0 Å².